The molecule has 1 aliphatic carbocycles. The maximum atomic E-state index is 11.7. The average molecular weight is 213 g/mol. The molecule has 0 aromatic heterocycles. The van der Waals surface area contributed by atoms with E-state index in [0.29, 0.717) is 0 Å². The lowest BCUT2D eigenvalue weighted by molar-refractivity contribution is -0.143. The number of carbonyl (C=O) groups excluding carboxylic acids is 1. The fraction of sp³-hybridized carbons (Fsp3) is 0.818. The minimum Gasteiger partial charge on any atom is -0.480 e. The monoisotopic (exact) mass is 213 g/mol. The average Bonchev–Trinajstić information content (AvgIpc) is 2.69. The Labute approximate surface area is 90.0 Å². The first-order valence-electron chi connectivity index (χ1n) is 5.29. The third-order valence-corrected chi connectivity index (χ3v) is 3.06. The molecule has 0 radical (unpaired) electrons. The standard InChI is InChI=1S/C11H19NO3/c1-6(2)8(10(14)15)12-9(13)7-5-11(7,3)4/h6-8H,5H2,1-4H3,(H,12,13)(H,14,15)/t7?,8-/m0/s1. The van der Waals surface area contributed by atoms with Crippen LogP contribution in [0.5, 0.6) is 0 Å². The van der Waals surface area contributed by atoms with Crippen LogP contribution < -0.4 is 5.32 Å². The summed E-state index contributed by atoms with van der Waals surface area (Å²) in [6.45, 7) is 7.61. The van der Waals surface area contributed by atoms with Crippen molar-refractivity contribution >= 4 is 11.9 Å². The highest BCUT2D eigenvalue weighted by Crippen LogP contribution is 2.51. The summed E-state index contributed by atoms with van der Waals surface area (Å²) >= 11 is 0. The molecule has 1 fully saturated rings. The lowest BCUT2D eigenvalue weighted by Gasteiger charge is -2.18. The molecule has 2 atom stereocenters. The van der Waals surface area contributed by atoms with Crippen molar-refractivity contribution in [2.24, 2.45) is 17.3 Å². The van der Waals surface area contributed by atoms with Gasteiger partial charge in [0.15, 0.2) is 0 Å². The van der Waals surface area contributed by atoms with Gasteiger partial charge in [-0.2, -0.15) is 0 Å². The van der Waals surface area contributed by atoms with Gasteiger partial charge in [0.05, 0.1) is 0 Å². The lowest BCUT2D eigenvalue weighted by Crippen LogP contribution is -2.45. The first kappa shape index (κ1) is 12.0. The Bertz CT molecular complexity index is 284. The molecular weight excluding hydrogens is 194 g/mol. The molecule has 4 nitrogen and oxygen atoms in total. The summed E-state index contributed by atoms with van der Waals surface area (Å²) < 4.78 is 0. The lowest BCUT2D eigenvalue weighted by atomic mass is 10.0. The van der Waals surface area contributed by atoms with Crippen LogP contribution in [-0.2, 0) is 9.59 Å². The molecule has 1 aliphatic rings. The Morgan fingerprint density at radius 3 is 2.13 bits per heavy atom. The molecule has 0 saturated heterocycles. The van der Waals surface area contributed by atoms with Gasteiger partial charge in [-0.05, 0) is 17.8 Å². The van der Waals surface area contributed by atoms with Crippen LogP contribution in [0.3, 0.4) is 0 Å². The zero-order valence-corrected chi connectivity index (χ0v) is 9.70. The topological polar surface area (TPSA) is 66.4 Å². The Hall–Kier alpha value is -1.06. The van der Waals surface area contributed by atoms with E-state index in [1.807, 2.05) is 13.8 Å². The van der Waals surface area contributed by atoms with Crippen LogP contribution in [0.25, 0.3) is 0 Å². The minimum atomic E-state index is -0.961. The molecule has 0 bridgehead atoms. The number of hydrogen-bond donors (Lipinski definition) is 2. The van der Waals surface area contributed by atoms with Crippen molar-refractivity contribution in [3.63, 3.8) is 0 Å². The zero-order chi connectivity index (χ0) is 11.8. The maximum absolute atomic E-state index is 11.7. The van der Waals surface area contributed by atoms with Crippen LogP contribution in [0.1, 0.15) is 34.1 Å². The molecular formula is C11H19NO3. The van der Waals surface area contributed by atoms with E-state index in [1.165, 1.54) is 0 Å². The molecule has 4 heteroatoms. The third-order valence-electron chi connectivity index (χ3n) is 3.06. The van der Waals surface area contributed by atoms with Crippen molar-refractivity contribution in [2.75, 3.05) is 0 Å². The van der Waals surface area contributed by atoms with E-state index in [9.17, 15) is 9.59 Å². The van der Waals surface area contributed by atoms with Crippen LogP contribution in [0, 0.1) is 17.3 Å². The fourth-order valence-electron chi connectivity index (χ4n) is 1.68. The largest absolute Gasteiger partial charge is 0.480 e. The quantitative estimate of drug-likeness (QED) is 0.738. The Morgan fingerprint density at radius 1 is 1.40 bits per heavy atom. The summed E-state index contributed by atoms with van der Waals surface area (Å²) in [5.41, 5.74) is 0.0458. The van der Waals surface area contributed by atoms with E-state index in [4.69, 9.17) is 5.11 Å². The van der Waals surface area contributed by atoms with Gasteiger partial charge in [0.25, 0.3) is 0 Å². The smallest absolute Gasteiger partial charge is 0.326 e. The molecule has 0 heterocycles. The van der Waals surface area contributed by atoms with Crippen molar-refractivity contribution in [3.05, 3.63) is 0 Å². The predicted octanol–water partition coefficient (Wildman–Crippen LogP) is 1.26. The molecule has 1 rings (SSSR count). The molecule has 0 aromatic rings. The fourth-order valence-corrected chi connectivity index (χ4v) is 1.68. The second-order valence-electron chi connectivity index (χ2n) is 5.31. The van der Waals surface area contributed by atoms with Crippen LogP contribution >= 0.6 is 0 Å². The normalized spacial score (nSPS) is 24.7. The van der Waals surface area contributed by atoms with Gasteiger partial charge in [0, 0.05) is 5.92 Å². The number of hydrogen-bond acceptors (Lipinski definition) is 2. The summed E-state index contributed by atoms with van der Waals surface area (Å²) in [5, 5.41) is 11.5. The van der Waals surface area contributed by atoms with Crippen molar-refractivity contribution in [2.45, 2.75) is 40.2 Å². The van der Waals surface area contributed by atoms with Gasteiger partial charge in [0.2, 0.25) is 5.91 Å². The van der Waals surface area contributed by atoms with Crippen LogP contribution in [0.4, 0.5) is 0 Å². The minimum absolute atomic E-state index is 0.0156. The molecule has 0 aromatic carbocycles. The Balaban J connectivity index is 2.53. The Morgan fingerprint density at radius 2 is 1.87 bits per heavy atom. The Kier molecular flexibility index (Phi) is 3.07. The van der Waals surface area contributed by atoms with E-state index >= 15 is 0 Å². The second kappa shape index (κ2) is 3.83. The number of nitrogens with one attached hydrogen (secondary N) is 1. The second-order valence-corrected chi connectivity index (χ2v) is 5.31. The van der Waals surface area contributed by atoms with Gasteiger partial charge < -0.3 is 10.4 Å². The number of amides is 1. The summed E-state index contributed by atoms with van der Waals surface area (Å²) in [5.74, 6) is -1.19. The van der Waals surface area contributed by atoms with E-state index in [0.717, 1.165) is 6.42 Å². The predicted molar refractivity (Wildman–Crippen MR) is 56.3 cm³/mol. The van der Waals surface area contributed by atoms with Crippen LogP contribution in [0.15, 0.2) is 0 Å². The number of carbonyl (C=O) groups is 2. The first-order chi connectivity index (χ1) is 6.75. The molecule has 86 valence electrons. The highest BCUT2D eigenvalue weighted by atomic mass is 16.4. The summed E-state index contributed by atoms with van der Waals surface area (Å²) in [7, 11) is 0. The SMILES string of the molecule is CC(C)[C@H](NC(=O)C1CC1(C)C)C(=O)O. The number of carboxylic acids is 1. The molecule has 1 saturated carbocycles. The van der Waals surface area contributed by atoms with Crippen molar-refractivity contribution in [1.82, 2.24) is 5.32 Å². The third kappa shape index (κ3) is 2.70. The maximum Gasteiger partial charge on any atom is 0.326 e. The van der Waals surface area contributed by atoms with E-state index in [-0.39, 0.29) is 23.2 Å². The summed E-state index contributed by atoms with van der Waals surface area (Å²) in [6, 6.07) is -0.770. The first-order valence-corrected chi connectivity index (χ1v) is 5.29. The van der Waals surface area contributed by atoms with Gasteiger partial charge in [-0.15, -0.1) is 0 Å². The molecule has 15 heavy (non-hydrogen) atoms. The molecule has 2 N–H and O–H groups in total. The van der Waals surface area contributed by atoms with Gasteiger partial charge in [0.1, 0.15) is 6.04 Å². The molecule has 1 amide bonds. The van der Waals surface area contributed by atoms with Gasteiger partial charge in [-0.1, -0.05) is 27.7 Å². The van der Waals surface area contributed by atoms with Crippen LogP contribution in [0.2, 0.25) is 0 Å². The molecule has 0 spiro atoms. The van der Waals surface area contributed by atoms with Crippen LogP contribution in [-0.4, -0.2) is 23.0 Å². The van der Waals surface area contributed by atoms with E-state index in [2.05, 4.69) is 5.32 Å². The number of aliphatic carboxylic acids is 1. The van der Waals surface area contributed by atoms with E-state index < -0.39 is 12.0 Å². The number of rotatable bonds is 4. The molecule has 0 aliphatic heterocycles. The highest BCUT2D eigenvalue weighted by Gasteiger charge is 2.51. The zero-order valence-electron chi connectivity index (χ0n) is 9.70. The van der Waals surface area contributed by atoms with Gasteiger partial charge >= 0.3 is 5.97 Å². The summed E-state index contributed by atoms with van der Waals surface area (Å²) in [4.78, 5) is 22.5. The van der Waals surface area contributed by atoms with Crippen molar-refractivity contribution in [1.29, 1.82) is 0 Å². The van der Waals surface area contributed by atoms with Crippen molar-refractivity contribution in [3.8, 4) is 0 Å². The highest BCUT2D eigenvalue weighted by molar-refractivity contribution is 5.87. The molecule has 1 unspecified atom stereocenters. The van der Waals surface area contributed by atoms with Gasteiger partial charge in [-0.25, -0.2) is 4.79 Å². The van der Waals surface area contributed by atoms with E-state index in [1.54, 1.807) is 13.8 Å². The van der Waals surface area contributed by atoms with Crippen molar-refractivity contribution < 1.29 is 14.7 Å². The summed E-state index contributed by atoms with van der Waals surface area (Å²) in [6.07, 6.45) is 0.850. The van der Waals surface area contributed by atoms with Gasteiger partial charge in [-0.3, -0.25) is 4.79 Å². The number of carboxylic acid groups (broad SMARTS) is 1.